The van der Waals surface area contributed by atoms with Crippen LogP contribution >= 0.6 is 0 Å². The van der Waals surface area contributed by atoms with Crippen LogP contribution in [0.25, 0.3) is 22.6 Å². The van der Waals surface area contributed by atoms with Crippen LogP contribution < -0.4 is 9.62 Å². The molecule has 0 bridgehead atoms. The third-order valence-corrected chi connectivity index (χ3v) is 7.94. The van der Waals surface area contributed by atoms with Crippen molar-refractivity contribution in [2.24, 2.45) is 0 Å². The van der Waals surface area contributed by atoms with Gasteiger partial charge >= 0.3 is 0 Å². The molecule has 0 aliphatic rings. The van der Waals surface area contributed by atoms with Gasteiger partial charge in [0.2, 0.25) is 11.8 Å². The van der Waals surface area contributed by atoms with Gasteiger partial charge in [-0.2, -0.15) is 0 Å². The predicted octanol–water partition coefficient (Wildman–Crippen LogP) is 4.19. The van der Waals surface area contributed by atoms with Crippen LogP contribution in [0.2, 0.25) is 0 Å². The first-order chi connectivity index (χ1) is 18.4. The number of aromatic nitrogens is 2. The highest BCUT2D eigenvalue weighted by molar-refractivity contribution is 7.93. The number of likely N-dealkylation sites (N-methyl/N-ethyl adjacent to an activating group) is 1. The normalized spacial score (nSPS) is 11.7. The summed E-state index contributed by atoms with van der Waals surface area (Å²) < 4.78 is 51.2. The Kier molecular flexibility index (Phi) is 8.95. The molecule has 0 fully saturated rings. The summed E-state index contributed by atoms with van der Waals surface area (Å²) in [4.78, 5) is 4.38. The number of methoxy groups -OCH3 is 1. The highest BCUT2D eigenvalue weighted by Crippen LogP contribution is 2.36. The maximum Gasteiger partial charge on any atom is 0.269 e. The maximum absolute atomic E-state index is 14.2. The fourth-order valence-corrected chi connectivity index (χ4v) is 5.56. The third-order valence-electron chi connectivity index (χ3n) is 6.17. The van der Waals surface area contributed by atoms with Gasteiger partial charge in [0.15, 0.2) is 0 Å². The smallest absolute Gasteiger partial charge is 0.269 e. The predicted molar refractivity (Wildman–Crippen MR) is 143 cm³/mol. The van der Waals surface area contributed by atoms with Crippen molar-refractivity contribution >= 4 is 15.9 Å². The molecule has 1 N–H and O–H groups in total. The van der Waals surface area contributed by atoms with E-state index in [4.69, 9.17) is 18.4 Å². The van der Waals surface area contributed by atoms with E-state index in [1.165, 1.54) is 6.26 Å². The summed E-state index contributed by atoms with van der Waals surface area (Å²) in [6.45, 7) is 4.51. The van der Waals surface area contributed by atoms with E-state index in [0.29, 0.717) is 42.3 Å². The molecule has 11 heteroatoms. The molecular formula is C27H32N4O6S. The van der Waals surface area contributed by atoms with E-state index in [0.717, 1.165) is 21.0 Å². The molecule has 2 heterocycles. The van der Waals surface area contributed by atoms with Crippen LogP contribution in [-0.4, -0.2) is 59.2 Å². The monoisotopic (exact) mass is 540 g/mol. The van der Waals surface area contributed by atoms with E-state index in [-0.39, 0.29) is 24.1 Å². The minimum absolute atomic E-state index is 0.115. The molecule has 2 aromatic heterocycles. The minimum atomic E-state index is -4.13. The molecule has 4 aromatic rings. The van der Waals surface area contributed by atoms with Gasteiger partial charge in [0, 0.05) is 23.8 Å². The lowest BCUT2D eigenvalue weighted by Crippen LogP contribution is -2.34. The second kappa shape index (κ2) is 12.4. The Balaban J connectivity index is 1.81. The third kappa shape index (κ3) is 5.81. The molecule has 0 unspecified atom stereocenters. The fourth-order valence-electron chi connectivity index (χ4n) is 4.02. The molecule has 0 saturated heterocycles. The molecule has 0 spiro atoms. The molecule has 0 atom stereocenters. The molecule has 0 aliphatic carbocycles. The fraction of sp³-hybridized carbons (Fsp3) is 0.333. The van der Waals surface area contributed by atoms with Crippen molar-refractivity contribution in [1.29, 1.82) is 0 Å². The van der Waals surface area contributed by atoms with Crippen LogP contribution in [0, 0.1) is 13.8 Å². The van der Waals surface area contributed by atoms with Gasteiger partial charge < -0.3 is 23.7 Å². The Bertz CT molecular complexity index is 1450. The highest BCUT2D eigenvalue weighted by atomic mass is 32.2. The molecule has 38 heavy (non-hydrogen) atoms. The molecule has 4 rings (SSSR count). The van der Waals surface area contributed by atoms with E-state index >= 15 is 0 Å². The van der Waals surface area contributed by atoms with Crippen molar-refractivity contribution in [3.05, 3.63) is 71.7 Å². The van der Waals surface area contributed by atoms with Crippen molar-refractivity contribution in [3.63, 3.8) is 0 Å². The van der Waals surface area contributed by atoms with Crippen LogP contribution in [0.5, 0.6) is 0 Å². The molecule has 10 nitrogen and oxygen atoms in total. The second-order valence-electron chi connectivity index (χ2n) is 8.64. The van der Waals surface area contributed by atoms with Crippen LogP contribution in [-0.2, 0) is 25.9 Å². The van der Waals surface area contributed by atoms with Gasteiger partial charge in [-0.05, 0) is 63.2 Å². The number of rotatable bonds is 13. The summed E-state index contributed by atoms with van der Waals surface area (Å²) in [5, 5.41) is 7.13. The van der Waals surface area contributed by atoms with Crippen molar-refractivity contribution in [3.8, 4) is 22.6 Å². The highest BCUT2D eigenvalue weighted by Gasteiger charge is 2.32. The zero-order valence-corrected chi connectivity index (χ0v) is 22.7. The van der Waals surface area contributed by atoms with Gasteiger partial charge in [0.25, 0.3) is 10.0 Å². The number of nitrogens with zero attached hydrogens (tertiary/aromatic N) is 3. The number of anilines is 1. The largest absolute Gasteiger partial charge is 0.445 e. The van der Waals surface area contributed by atoms with Gasteiger partial charge in [0.1, 0.15) is 13.0 Å². The lowest BCUT2D eigenvalue weighted by molar-refractivity contribution is 0.0744. The molecule has 0 aliphatic heterocycles. The number of oxazole rings is 1. The first-order valence-electron chi connectivity index (χ1n) is 12.2. The van der Waals surface area contributed by atoms with Crippen LogP contribution in [0.15, 0.2) is 68.8 Å². The zero-order valence-electron chi connectivity index (χ0n) is 21.9. The van der Waals surface area contributed by atoms with E-state index in [1.54, 1.807) is 45.4 Å². The Morgan fingerprint density at radius 3 is 2.58 bits per heavy atom. The van der Waals surface area contributed by atoms with Crippen molar-refractivity contribution in [1.82, 2.24) is 15.5 Å². The number of ether oxygens (including phenoxy) is 2. The van der Waals surface area contributed by atoms with Crippen molar-refractivity contribution in [2.45, 2.75) is 25.2 Å². The number of nitrogens with one attached hydrogen (secondary N) is 1. The lowest BCUT2D eigenvalue weighted by Gasteiger charge is -2.24. The van der Waals surface area contributed by atoms with Crippen molar-refractivity contribution < 1.29 is 26.8 Å². The van der Waals surface area contributed by atoms with Crippen LogP contribution in [0.3, 0.4) is 0 Å². The molecule has 202 valence electrons. The lowest BCUT2D eigenvalue weighted by atomic mass is 9.95. The standard InChI is InChI=1S/C27H32N4O6S/c1-19-20(2)30-37-27(19)31(18-35-16-15-34-4)38(32,33)25-8-6-5-7-24(25)23-10-9-22(26-29-13-14-36-26)17-21(23)11-12-28-3/h5-10,13-14,17,28H,11-12,15-16,18H2,1-4H3. The number of hydrogen-bond donors (Lipinski definition) is 1. The first-order valence-corrected chi connectivity index (χ1v) is 13.6. The summed E-state index contributed by atoms with van der Waals surface area (Å²) in [6, 6.07) is 12.7. The second-order valence-corrected chi connectivity index (χ2v) is 10.5. The Labute approximate surface area is 222 Å². The van der Waals surface area contributed by atoms with Gasteiger partial charge in [-0.25, -0.2) is 17.7 Å². The molecule has 0 radical (unpaired) electrons. The SMILES string of the molecule is CNCCc1cc(-c2ncco2)ccc1-c1ccccc1S(=O)(=O)N(COCCOC)c1onc(C)c1C. The Morgan fingerprint density at radius 1 is 1.08 bits per heavy atom. The molecule has 2 aromatic carbocycles. The summed E-state index contributed by atoms with van der Waals surface area (Å²) >= 11 is 0. The number of hydrogen-bond acceptors (Lipinski definition) is 9. The van der Waals surface area contributed by atoms with Crippen LogP contribution in [0.4, 0.5) is 5.88 Å². The first kappa shape index (κ1) is 27.5. The van der Waals surface area contributed by atoms with Gasteiger partial charge in [-0.3, -0.25) is 0 Å². The minimum Gasteiger partial charge on any atom is -0.445 e. The van der Waals surface area contributed by atoms with Crippen molar-refractivity contribution in [2.75, 3.05) is 45.0 Å². The quantitative estimate of drug-likeness (QED) is 0.197. The van der Waals surface area contributed by atoms with E-state index in [1.807, 2.05) is 31.3 Å². The Hall–Kier alpha value is -3.51. The maximum atomic E-state index is 14.2. The number of aryl methyl sites for hydroxylation is 1. The van der Waals surface area contributed by atoms with Crippen LogP contribution in [0.1, 0.15) is 16.8 Å². The molecule has 0 amide bonds. The average molecular weight is 541 g/mol. The Morgan fingerprint density at radius 2 is 1.89 bits per heavy atom. The van der Waals surface area contributed by atoms with E-state index < -0.39 is 10.0 Å². The zero-order chi connectivity index (χ0) is 27.1. The summed E-state index contributed by atoms with van der Waals surface area (Å²) in [6.07, 6.45) is 3.78. The topological polar surface area (TPSA) is 120 Å². The van der Waals surface area contributed by atoms with Gasteiger partial charge in [0.05, 0.1) is 30.0 Å². The van der Waals surface area contributed by atoms with Gasteiger partial charge in [-0.1, -0.05) is 29.4 Å². The molecule has 0 saturated carbocycles. The van der Waals surface area contributed by atoms with E-state index in [2.05, 4.69) is 15.5 Å². The van der Waals surface area contributed by atoms with Gasteiger partial charge in [-0.15, -0.1) is 0 Å². The summed E-state index contributed by atoms with van der Waals surface area (Å²) in [5.41, 5.74) is 4.33. The average Bonchev–Trinajstić information content (AvgIpc) is 3.58. The molecular weight excluding hydrogens is 508 g/mol. The summed E-state index contributed by atoms with van der Waals surface area (Å²) in [5.74, 6) is 0.614. The van der Waals surface area contributed by atoms with E-state index in [9.17, 15) is 8.42 Å². The number of sulfonamides is 1. The summed E-state index contributed by atoms with van der Waals surface area (Å²) in [7, 11) is -0.706. The number of benzene rings is 2.